The van der Waals surface area contributed by atoms with E-state index in [4.69, 9.17) is 4.74 Å². The molecule has 6 heteroatoms. The standard InChI is InChI=1S/C18H21N3O3/c1-4-21(5-2)18(23)13-7-6-8-15(11-13)20-17(22)14-9-10-16(24-3)19-12-14/h6-12H,4-5H2,1-3H3,(H,20,22). The molecule has 0 saturated carbocycles. The first-order valence-corrected chi connectivity index (χ1v) is 7.79. The Morgan fingerprint density at radius 3 is 2.46 bits per heavy atom. The maximum atomic E-state index is 12.4. The van der Waals surface area contributed by atoms with Crippen LogP contribution in [0, 0.1) is 0 Å². The quantitative estimate of drug-likeness (QED) is 0.885. The van der Waals surface area contributed by atoms with Gasteiger partial charge in [-0.1, -0.05) is 6.07 Å². The van der Waals surface area contributed by atoms with Gasteiger partial charge in [0, 0.05) is 36.6 Å². The third kappa shape index (κ3) is 4.10. The number of nitrogens with zero attached hydrogens (tertiary/aromatic N) is 2. The van der Waals surface area contributed by atoms with Crippen LogP contribution in [0.25, 0.3) is 0 Å². The van der Waals surface area contributed by atoms with E-state index in [2.05, 4.69) is 10.3 Å². The van der Waals surface area contributed by atoms with E-state index >= 15 is 0 Å². The molecule has 0 bridgehead atoms. The van der Waals surface area contributed by atoms with Crippen molar-refractivity contribution in [3.63, 3.8) is 0 Å². The van der Waals surface area contributed by atoms with Gasteiger partial charge in [0.25, 0.3) is 11.8 Å². The van der Waals surface area contributed by atoms with E-state index in [1.54, 1.807) is 41.3 Å². The Morgan fingerprint density at radius 1 is 1.12 bits per heavy atom. The summed E-state index contributed by atoms with van der Waals surface area (Å²) in [7, 11) is 1.51. The van der Waals surface area contributed by atoms with Crippen molar-refractivity contribution in [2.24, 2.45) is 0 Å². The third-order valence-electron chi connectivity index (χ3n) is 3.63. The van der Waals surface area contributed by atoms with E-state index < -0.39 is 0 Å². The van der Waals surface area contributed by atoms with Gasteiger partial charge in [0.2, 0.25) is 5.88 Å². The number of aromatic nitrogens is 1. The summed E-state index contributed by atoms with van der Waals surface area (Å²) in [5, 5.41) is 2.78. The summed E-state index contributed by atoms with van der Waals surface area (Å²) in [5.74, 6) is 0.0955. The fourth-order valence-corrected chi connectivity index (χ4v) is 2.26. The maximum Gasteiger partial charge on any atom is 0.257 e. The Labute approximate surface area is 141 Å². The highest BCUT2D eigenvalue weighted by molar-refractivity contribution is 6.05. The zero-order chi connectivity index (χ0) is 17.5. The minimum absolute atomic E-state index is 0.0535. The van der Waals surface area contributed by atoms with Gasteiger partial charge in [0.05, 0.1) is 12.7 Å². The van der Waals surface area contributed by atoms with E-state index in [0.29, 0.717) is 35.8 Å². The van der Waals surface area contributed by atoms with Gasteiger partial charge in [0.15, 0.2) is 0 Å². The lowest BCUT2D eigenvalue weighted by molar-refractivity contribution is 0.0772. The molecule has 2 aromatic rings. The summed E-state index contributed by atoms with van der Waals surface area (Å²) in [6.07, 6.45) is 1.44. The molecular weight excluding hydrogens is 306 g/mol. The predicted octanol–water partition coefficient (Wildman–Crippen LogP) is 2.82. The third-order valence-corrected chi connectivity index (χ3v) is 3.63. The van der Waals surface area contributed by atoms with Gasteiger partial charge in [-0.2, -0.15) is 0 Å². The normalized spacial score (nSPS) is 10.1. The number of pyridine rings is 1. The lowest BCUT2D eigenvalue weighted by Crippen LogP contribution is -2.30. The van der Waals surface area contributed by atoms with Crippen LogP contribution in [0.2, 0.25) is 0 Å². The molecule has 0 aliphatic heterocycles. The van der Waals surface area contributed by atoms with Crippen LogP contribution in [0.15, 0.2) is 42.6 Å². The number of nitrogens with one attached hydrogen (secondary N) is 1. The summed E-state index contributed by atoms with van der Waals surface area (Å²) < 4.78 is 4.97. The number of methoxy groups -OCH3 is 1. The van der Waals surface area contributed by atoms with Crippen molar-refractivity contribution in [2.75, 3.05) is 25.5 Å². The van der Waals surface area contributed by atoms with Gasteiger partial charge >= 0.3 is 0 Å². The number of ether oxygens (including phenoxy) is 1. The molecule has 24 heavy (non-hydrogen) atoms. The zero-order valence-corrected chi connectivity index (χ0v) is 14.1. The highest BCUT2D eigenvalue weighted by atomic mass is 16.5. The van der Waals surface area contributed by atoms with E-state index in [1.807, 2.05) is 13.8 Å². The van der Waals surface area contributed by atoms with Crippen molar-refractivity contribution in [3.8, 4) is 5.88 Å². The number of rotatable bonds is 6. The van der Waals surface area contributed by atoms with Crippen molar-refractivity contribution in [1.29, 1.82) is 0 Å². The zero-order valence-electron chi connectivity index (χ0n) is 14.1. The first-order valence-electron chi connectivity index (χ1n) is 7.79. The molecule has 0 fully saturated rings. The lowest BCUT2D eigenvalue weighted by atomic mass is 10.1. The van der Waals surface area contributed by atoms with Gasteiger partial charge in [-0.05, 0) is 38.1 Å². The van der Waals surface area contributed by atoms with Crippen molar-refractivity contribution in [2.45, 2.75) is 13.8 Å². The number of hydrogen-bond donors (Lipinski definition) is 1. The van der Waals surface area contributed by atoms with Gasteiger partial charge in [-0.3, -0.25) is 9.59 Å². The van der Waals surface area contributed by atoms with Crippen LogP contribution < -0.4 is 10.1 Å². The minimum atomic E-state index is -0.294. The van der Waals surface area contributed by atoms with Crippen molar-refractivity contribution >= 4 is 17.5 Å². The molecule has 0 aliphatic carbocycles. The van der Waals surface area contributed by atoms with Crippen molar-refractivity contribution in [1.82, 2.24) is 9.88 Å². The van der Waals surface area contributed by atoms with Gasteiger partial charge < -0.3 is 15.0 Å². The van der Waals surface area contributed by atoms with E-state index in [0.717, 1.165) is 0 Å². The van der Waals surface area contributed by atoms with Gasteiger partial charge in [-0.25, -0.2) is 4.98 Å². The minimum Gasteiger partial charge on any atom is -0.481 e. The number of carbonyl (C=O) groups is 2. The van der Waals surface area contributed by atoms with Crippen LogP contribution in [0.4, 0.5) is 5.69 Å². The molecule has 0 saturated heterocycles. The number of carbonyl (C=O) groups excluding carboxylic acids is 2. The number of hydrogen-bond acceptors (Lipinski definition) is 4. The molecule has 6 nitrogen and oxygen atoms in total. The van der Waals surface area contributed by atoms with E-state index in [1.165, 1.54) is 13.3 Å². The van der Waals surface area contributed by atoms with Crippen LogP contribution in [-0.4, -0.2) is 41.9 Å². The largest absolute Gasteiger partial charge is 0.481 e. The predicted molar refractivity (Wildman–Crippen MR) is 92.4 cm³/mol. The average Bonchev–Trinajstić information content (AvgIpc) is 2.63. The SMILES string of the molecule is CCN(CC)C(=O)c1cccc(NC(=O)c2ccc(OC)nc2)c1. The lowest BCUT2D eigenvalue weighted by Gasteiger charge is -2.19. The number of anilines is 1. The number of benzene rings is 1. The second kappa shape index (κ2) is 8.10. The summed E-state index contributed by atoms with van der Waals surface area (Å²) in [6.45, 7) is 5.15. The Bertz CT molecular complexity index is 710. The molecule has 0 radical (unpaired) electrons. The molecule has 0 aliphatic rings. The van der Waals surface area contributed by atoms with Crippen LogP contribution in [0.3, 0.4) is 0 Å². The molecular formula is C18H21N3O3. The highest BCUT2D eigenvalue weighted by Gasteiger charge is 2.13. The molecule has 1 aromatic heterocycles. The second-order valence-corrected chi connectivity index (χ2v) is 5.10. The molecule has 2 rings (SSSR count). The monoisotopic (exact) mass is 327 g/mol. The first kappa shape index (κ1) is 17.5. The van der Waals surface area contributed by atoms with Gasteiger partial charge in [-0.15, -0.1) is 0 Å². The molecule has 0 unspecified atom stereocenters. The Hall–Kier alpha value is -2.89. The van der Waals surface area contributed by atoms with Crippen LogP contribution in [-0.2, 0) is 0 Å². The Kier molecular flexibility index (Phi) is 5.89. The highest BCUT2D eigenvalue weighted by Crippen LogP contribution is 2.15. The average molecular weight is 327 g/mol. The second-order valence-electron chi connectivity index (χ2n) is 5.10. The molecule has 126 valence electrons. The fraction of sp³-hybridized carbons (Fsp3) is 0.278. The summed E-state index contributed by atoms with van der Waals surface area (Å²) in [4.78, 5) is 30.4. The van der Waals surface area contributed by atoms with Crippen molar-refractivity contribution in [3.05, 3.63) is 53.7 Å². The summed E-state index contributed by atoms with van der Waals surface area (Å²) >= 11 is 0. The van der Waals surface area contributed by atoms with E-state index in [-0.39, 0.29) is 11.8 Å². The summed E-state index contributed by atoms with van der Waals surface area (Å²) in [5.41, 5.74) is 1.52. The molecule has 1 aromatic carbocycles. The molecule has 0 atom stereocenters. The van der Waals surface area contributed by atoms with E-state index in [9.17, 15) is 9.59 Å². The Balaban J connectivity index is 2.13. The topological polar surface area (TPSA) is 71.5 Å². The molecule has 1 heterocycles. The summed E-state index contributed by atoms with van der Waals surface area (Å²) in [6, 6.07) is 10.2. The smallest absolute Gasteiger partial charge is 0.257 e. The number of amides is 2. The van der Waals surface area contributed by atoms with Crippen LogP contribution >= 0.6 is 0 Å². The van der Waals surface area contributed by atoms with Crippen LogP contribution in [0.1, 0.15) is 34.6 Å². The Morgan fingerprint density at radius 2 is 1.88 bits per heavy atom. The maximum absolute atomic E-state index is 12.4. The van der Waals surface area contributed by atoms with Crippen LogP contribution in [0.5, 0.6) is 5.88 Å². The first-order chi connectivity index (χ1) is 11.6. The van der Waals surface area contributed by atoms with Crippen molar-refractivity contribution < 1.29 is 14.3 Å². The molecule has 2 amide bonds. The van der Waals surface area contributed by atoms with Gasteiger partial charge in [0.1, 0.15) is 0 Å². The fourth-order valence-electron chi connectivity index (χ4n) is 2.26. The molecule has 1 N–H and O–H groups in total. The molecule has 0 spiro atoms.